The summed E-state index contributed by atoms with van der Waals surface area (Å²) < 4.78 is 1.17. The molecule has 0 saturated carbocycles. The molecule has 20 heavy (non-hydrogen) atoms. The number of nitrogens with zero attached hydrogens (tertiary/aromatic N) is 3. The first-order valence-electron chi connectivity index (χ1n) is 5.96. The van der Waals surface area contributed by atoms with Gasteiger partial charge in [0.25, 0.3) is 0 Å². The van der Waals surface area contributed by atoms with Crippen molar-refractivity contribution in [2.45, 2.75) is 13.0 Å². The molecule has 7 nitrogen and oxygen atoms in total. The van der Waals surface area contributed by atoms with Gasteiger partial charge in [-0.25, -0.2) is 4.98 Å². The molecule has 0 saturated heterocycles. The molecule has 2 aromatic rings. The third kappa shape index (κ3) is 2.74. The number of fused-ring (bicyclic) bond motifs is 1. The summed E-state index contributed by atoms with van der Waals surface area (Å²) >= 11 is 1.61. The fourth-order valence-corrected chi connectivity index (χ4v) is 2.45. The summed E-state index contributed by atoms with van der Waals surface area (Å²) in [7, 11) is 0. The fourth-order valence-electron chi connectivity index (χ4n) is 1.87. The number of rotatable bonds is 5. The average molecular weight is 294 g/mol. The SMILES string of the molecule is CSCC(C)Nc1nc2ccccn2c(=O)c1[N+](=O)[O-]. The first-order valence-corrected chi connectivity index (χ1v) is 7.35. The maximum Gasteiger partial charge on any atom is 0.376 e. The second-order valence-electron chi connectivity index (χ2n) is 4.30. The summed E-state index contributed by atoms with van der Waals surface area (Å²) in [5.41, 5.74) is -0.831. The van der Waals surface area contributed by atoms with E-state index in [1.54, 1.807) is 30.0 Å². The van der Waals surface area contributed by atoms with Crippen LogP contribution in [-0.4, -0.2) is 32.4 Å². The molecule has 0 radical (unpaired) electrons. The van der Waals surface area contributed by atoms with Crippen molar-refractivity contribution in [3.63, 3.8) is 0 Å². The molecule has 1 unspecified atom stereocenters. The van der Waals surface area contributed by atoms with Crippen molar-refractivity contribution >= 4 is 28.9 Å². The highest BCUT2D eigenvalue weighted by Crippen LogP contribution is 2.19. The maximum absolute atomic E-state index is 12.2. The Morgan fingerprint density at radius 2 is 2.30 bits per heavy atom. The molecule has 0 fully saturated rings. The largest absolute Gasteiger partial charge is 0.376 e. The van der Waals surface area contributed by atoms with E-state index < -0.39 is 16.2 Å². The van der Waals surface area contributed by atoms with Crippen LogP contribution in [0.15, 0.2) is 29.2 Å². The molecule has 0 aliphatic rings. The van der Waals surface area contributed by atoms with E-state index in [1.807, 2.05) is 13.2 Å². The normalized spacial score (nSPS) is 12.3. The van der Waals surface area contributed by atoms with Crippen LogP contribution in [0.5, 0.6) is 0 Å². The van der Waals surface area contributed by atoms with Crippen molar-refractivity contribution in [3.8, 4) is 0 Å². The van der Waals surface area contributed by atoms with Crippen molar-refractivity contribution in [1.29, 1.82) is 0 Å². The summed E-state index contributed by atoms with van der Waals surface area (Å²) in [4.78, 5) is 26.8. The zero-order chi connectivity index (χ0) is 14.7. The third-order valence-electron chi connectivity index (χ3n) is 2.69. The van der Waals surface area contributed by atoms with Crippen LogP contribution in [0, 0.1) is 10.1 Å². The van der Waals surface area contributed by atoms with Crippen LogP contribution in [0.4, 0.5) is 11.5 Å². The van der Waals surface area contributed by atoms with Crippen molar-refractivity contribution in [1.82, 2.24) is 9.38 Å². The van der Waals surface area contributed by atoms with Crippen LogP contribution in [-0.2, 0) is 0 Å². The van der Waals surface area contributed by atoms with Gasteiger partial charge in [-0.15, -0.1) is 0 Å². The van der Waals surface area contributed by atoms with E-state index in [0.29, 0.717) is 5.65 Å². The smallest absolute Gasteiger partial charge is 0.361 e. The molecule has 8 heteroatoms. The van der Waals surface area contributed by atoms with Crippen LogP contribution in [0.25, 0.3) is 5.65 Å². The Morgan fingerprint density at radius 3 is 2.95 bits per heavy atom. The number of anilines is 1. The minimum absolute atomic E-state index is 0.0211. The highest BCUT2D eigenvalue weighted by molar-refractivity contribution is 7.98. The highest BCUT2D eigenvalue weighted by Gasteiger charge is 2.24. The van der Waals surface area contributed by atoms with Gasteiger partial charge in [-0.3, -0.25) is 19.3 Å². The molecule has 0 amide bonds. The van der Waals surface area contributed by atoms with Gasteiger partial charge in [-0.2, -0.15) is 11.8 Å². The summed E-state index contributed by atoms with van der Waals surface area (Å²) in [6, 6.07) is 4.96. The third-order valence-corrected chi connectivity index (χ3v) is 3.53. The molecule has 1 atom stereocenters. The van der Waals surface area contributed by atoms with E-state index in [1.165, 1.54) is 10.6 Å². The molecular formula is C12H14N4O3S. The van der Waals surface area contributed by atoms with E-state index in [2.05, 4.69) is 10.3 Å². The topological polar surface area (TPSA) is 89.5 Å². The lowest BCUT2D eigenvalue weighted by atomic mass is 10.3. The molecule has 2 rings (SSSR count). The van der Waals surface area contributed by atoms with Crippen molar-refractivity contribution in [3.05, 3.63) is 44.9 Å². The van der Waals surface area contributed by atoms with E-state index >= 15 is 0 Å². The minimum atomic E-state index is -0.692. The van der Waals surface area contributed by atoms with Gasteiger partial charge < -0.3 is 5.32 Å². The number of nitrogens with one attached hydrogen (secondary N) is 1. The molecule has 2 heterocycles. The predicted octanol–water partition coefficient (Wildman–Crippen LogP) is 1.77. The average Bonchev–Trinajstić information content (AvgIpc) is 2.38. The van der Waals surface area contributed by atoms with Crippen LogP contribution in [0.2, 0.25) is 0 Å². The fraction of sp³-hybridized carbons (Fsp3) is 0.333. The number of hydrogen-bond acceptors (Lipinski definition) is 6. The molecule has 0 spiro atoms. The van der Waals surface area contributed by atoms with Crippen LogP contribution < -0.4 is 10.9 Å². The van der Waals surface area contributed by atoms with Crippen molar-refractivity contribution in [2.75, 3.05) is 17.3 Å². The molecule has 2 aromatic heterocycles. The van der Waals surface area contributed by atoms with E-state index in [9.17, 15) is 14.9 Å². The lowest BCUT2D eigenvalue weighted by Crippen LogP contribution is -2.25. The Kier molecular flexibility index (Phi) is 4.23. The summed E-state index contributed by atoms with van der Waals surface area (Å²) in [6.07, 6.45) is 3.40. The van der Waals surface area contributed by atoms with Crippen molar-refractivity contribution in [2.24, 2.45) is 0 Å². The molecule has 0 aliphatic carbocycles. The quantitative estimate of drug-likeness (QED) is 0.667. The van der Waals surface area contributed by atoms with Crippen LogP contribution in [0.3, 0.4) is 0 Å². The monoisotopic (exact) mass is 294 g/mol. The van der Waals surface area contributed by atoms with Gasteiger partial charge in [0, 0.05) is 18.0 Å². The standard InChI is InChI=1S/C12H14N4O3S/c1-8(7-20-2)13-11-10(16(18)19)12(17)15-6-4-3-5-9(15)14-11/h3-6,8,13H,7H2,1-2H3. The molecule has 0 aromatic carbocycles. The van der Waals surface area contributed by atoms with E-state index in [-0.39, 0.29) is 11.9 Å². The lowest BCUT2D eigenvalue weighted by molar-refractivity contribution is -0.385. The molecule has 0 aliphatic heterocycles. The van der Waals surface area contributed by atoms with Crippen LogP contribution in [0.1, 0.15) is 6.92 Å². The Morgan fingerprint density at radius 1 is 1.55 bits per heavy atom. The van der Waals surface area contributed by atoms with Gasteiger partial charge >= 0.3 is 11.2 Å². The second-order valence-corrected chi connectivity index (χ2v) is 5.21. The summed E-state index contributed by atoms with van der Waals surface area (Å²) in [6.45, 7) is 1.88. The zero-order valence-corrected chi connectivity index (χ0v) is 11.9. The molecule has 0 bridgehead atoms. The Bertz CT molecular complexity index is 701. The van der Waals surface area contributed by atoms with Crippen LogP contribution >= 0.6 is 11.8 Å². The predicted molar refractivity (Wildman–Crippen MR) is 79.6 cm³/mol. The number of thioether (sulfide) groups is 1. The van der Waals surface area contributed by atoms with Gasteiger partial charge in [0.2, 0.25) is 5.82 Å². The second kappa shape index (κ2) is 5.91. The van der Waals surface area contributed by atoms with E-state index in [4.69, 9.17) is 0 Å². The lowest BCUT2D eigenvalue weighted by Gasteiger charge is -2.13. The number of pyridine rings is 1. The van der Waals surface area contributed by atoms with Gasteiger partial charge in [0.05, 0.1) is 4.92 Å². The van der Waals surface area contributed by atoms with Gasteiger partial charge in [-0.05, 0) is 25.3 Å². The summed E-state index contributed by atoms with van der Waals surface area (Å²) in [5, 5.41) is 14.1. The summed E-state index contributed by atoms with van der Waals surface area (Å²) in [5.74, 6) is 0.778. The first-order chi connectivity index (χ1) is 9.54. The van der Waals surface area contributed by atoms with Gasteiger partial charge in [0.15, 0.2) is 0 Å². The number of aromatic nitrogens is 2. The Hall–Kier alpha value is -2.09. The minimum Gasteiger partial charge on any atom is -0.361 e. The molecule has 1 N–H and O–H groups in total. The zero-order valence-electron chi connectivity index (χ0n) is 11.1. The maximum atomic E-state index is 12.2. The van der Waals surface area contributed by atoms with Crippen molar-refractivity contribution < 1.29 is 4.92 Å². The number of nitro groups is 1. The highest BCUT2D eigenvalue weighted by atomic mass is 32.2. The van der Waals surface area contributed by atoms with Gasteiger partial charge in [-0.1, -0.05) is 6.07 Å². The first kappa shape index (κ1) is 14.3. The van der Waals surface area contributed by atoms with Gasteiger partial charge in [0.1, 0.15) is 5.65 Å². The Balaban J connectivity index is 2.60. The molecular weight excluding hydrogens is 280 g/mol. The Labute approximate surface area is 119 Å². The van der Waals surface area contributed by atoms with E-state index in [0.717, 1.165) is 5.75 Å². The molecule has 106 valence electrons. The number of hydrogen-bond donors (Lipinski definition) is 1.